The molecule has 18 heavy (non-hydrogen) atoms. The third kappa shape index (κ3) is 1.92. The van der Waals surface area contributed by atoms with Gasteiger partial charge in [-0.15, -0.1) is 0 Å². The molecule has 1 aromatic rings. The highest BCUT2D eigenvalue weighted by Crippen LogP contribution is 2.43. The Morgan fingerprint density at radius 3 is 2.61 bits per heavy atom. The Hall–Kier alpha value is -1.36. The standard InChI is InChI=1S/C13H15F2NO2/c14-9-7-10-13(18-6-5-17-10)11(12(9)15)8-1-3-16-4-2-8/h7-8,16H,1-6H2. The van der Waals surface area contributed by atoms with E-state index in [1.54, 1.807) is 0 Å². The summed E-state index contributed by atoms with van der Waals surface area (Å²) >= 11 is 0. The predicted molar refractivity (Wildman–Crippen MR) is 62.2 cm³/mol. The predicted octanol–water partition coefficient (Wildman–Crippen LogP) is 2.20. The van der Waals surface area contributed by atoms with Crippen LogP contribution in [0.2, 0.25) is 0 Å². The quantitative estimate of drug-likeness (QED) is 0.834. The highest BCUT2D eigenvalue weighted by Gasteiger charge is 2.29. The third-order valence-corrected chi connectivity index (χ3v) is 3.51. The van der Waals surface area contributed by atoms with E-state index in [9.17, 15) is 8.78 Å². The Morgan fingerprint density at radius 2 is 1.83 bits per heavy atom. The molecule has 1 N–H and O–H groups in total. The van der Waals surface area contributed by atoms with Gasteiger partial charge in [-0.1, -0.05) is 0 Å². The van der Waals surface area contributed by atoms with Crippen LogP contribution in [0.4, 0.5) is 8.78 Å². The van der Waals surface area contributed by atoms with Gasteiger partial charge in [0.25, 0.3) is 0 Å². The number of fused-ring (bicyclic) bond motifs is 1. The second-order valence-corrected chi connectivity index (χ2v) is 4.63. The Morgan fingerprint density at radius 1 is 1.11 bits per heavy atom. The van der Waals surface area contributed by atoms with Crippen molar-refractivity contribution >= 4 is 0 Å². The lowest BCUT2D eigenvalue weighted by atomic mass is 9.88. The molecule has 2 aliphatic heterocycles. The van der Waals surface area contributed by atoms with Crippen LogP contribution in [0.1, 0.15) is 24.3 Å². The minimum atomic E-state index is -0.854. The van der Waals surface area contributed by atoms with Crippen LogP contribution in [-0.4, -0.2) is 26.3 Å². The molecule has 0 saturated carbocycles. The molecule has 5 heteroatoms. The van der Waals surface area contributed by atoms with Crippen molar-refractivity contribution in [1.82, 2.24) is 5.32 Å². The molecule has 3 nitrogen and oxygen atoms in total. The van der Waals surface area contributed by atoms with E-state index in [-0.39, 0.29) is 5.92 Å². The first-order valence-electron chi connectivity index (χ1n) is 6.25. The zero-order valence-electron chi connectivity index (χ0n) is 9.97. The van der Waals surface area contributed by atoms with Crippen molar-refractivity contribution in [3.63, 3.8) is 0 Å². The van der Waals surface area contributed by atoms with Crippen molar-refractivity contribution in [2.75, 3.05) is 26.3 Å². The maximum atomic E-state index is 14.0. The molecule has 0 unspecified atom stereocenters. The fourth-order valence-corrected chi connectivity index (χ4v) is 2.63. The van der Waals surface area contributed by atoms with E-state index in [1.165, 1.54) is 0 Å². The first-order valence-corrected chi connectivity index (χ1v) is 6.25. The van der Waals surface area contributed by atoms with Gasteiger partial charge < -0.3 is 14.8 Å². The van der Waals surface area contributed by atoms with E-state index < -0.39 is 11.6 Å². The van der Waals surface area contributed by atoms with Crippen LogP contribution >= 0.6 is 0 Å². The zero-order chi connectivity index (χ0) is 12.5. The molecular formula is C13H15F2NO2. The van der Waals surface area contributed by atoms with Gasteiger partial charge in [0.15, 0.2) is 23.1 Å². The lowest BCUT2D eigenvalue weighted by Crippen LogP contribution is -2.28. The Kier molecular flexibility index (Phi) is 3.07. The highest BCUT2D eigenvalue weighted by atomic mass is 19.2. The molecule has 0 aliphatic carbocycles. The van der Waals surface area contributed by atoms with Crippen molar-refractivity contribution in [3.05, 3.63) is 23.3 Å². The molecule has 1 aromatic carbocycles. The molecular weight excluding hydrogens is 240 g/mol. The molecule has 3 rings (SSSR count). The lowest BCUT2D eigenvalue weighted by Gasteiger charge is -2.28. The summed E-state index contributed by atoms with van der Waals surface area (Å²) in [5.74, 6) is -0.919. The van der Waals surface area contributed by atoms with Crippen molar-refractivity contribution in [2.45, 2.75) is 18.8 Å². The van der Waals surface area contributed by atoms with Crippen molar-refractivity contribution in [2.24, 2.45) is 0 Å². The molecule has 2 aliphatic rings. The maximum absolute atomic E-state index is 14.0. The number of benzene rings is 1. The number of hydrogen-bond donors (Lipinski definition) is 1. The molecule has 0 aromatic heterocycles. The van der Waals surface area contributed by atoms with Crippen LogP contribution in [0.5, 0.6) is 11.5 Å². The van der Waals surface area contributed by atoms with E-state index in [4.69, 9.17) is 9.47 Å². The van der Waals surface area contributed by atoms with E-state index in [0.29, 0.717) is 30.3 Å². The summed E-state index contributed by atoms with van der Waals surface area (Å²) in [6.45, 7) is 2.40. The monoisotopic (exact) mass is 255 g/mol. The Labute approximate surface area is 104 Å². The summed E-state index contributed by atoms with van der Waals surface area (Å²) in [4.78, 5) is 0. The minimum Gasteiger partial charge on any atom is -0.486 e. The molecule has 98 valence electrons. The van der Waals surface area contributed by atoms with Gasteiger partial charge in [0, 0.05) is 11.6 Å². The SMILES string of the molecule is Fc1cc2c(c(C3CCNCC3)c1F)OCCO2. The summed E-state index contributed by atoms with van der Waals surface area (Å²) in [5, 5.41) is 3.21. The number of ether oxygens (including phenoxy) is 2. The summed E-state index contributed by atoms with van der Waals surface area (Å²) < 4.78 is 38.5. The van der Waals surface area contributed by atoms with Crippen LogP contribution in [0.15, 0.2) is 6.07 Å². The minimum absolute atomic E-state index is 0.00241. The van der Waals surface area contributed by atoms with Gasteiger partial charge in [-0.25, -0.2) is 8.78 Å². The smallest absolute Gasteiger partial charge is 0.167 e. The van der Waals surface area contributed by atoms with Crippen LogP contribution in [0.25, 0.3) is 0 Å². The number of rotatable bonds is 1. The van der Waals surface area contributed by atoms with Crippen LogP contribution in [-0.2, 0) is 0 Å². The van der Waals surface area contributed by atoms with E-state index >= 15 is 0 Å². The summed E-state index contributed by atoms with van der Waals surface area (Å²) in [6, 6.07) is 1.08. The highest BCUT2D eigenvalue weighted by molar-refractivity contribution is 5.50. The second kappa shape index (κ2) is 4.72. The van der Waals surface area contributed by atoms with Gasteiger partial charge in [0.1, 0.15) is 13.2 Å². The fraction of sp³-hybridized carbons (Fsp3) is 0.538. The van der Waals surface area contributed by atoms with Crippen molar-refractivity contribution < 1.29 is 18.3 Å². The summed E-state index contributed by atoms with van der Waals surface area (Å²) in [5.41, 5.74) is 0.353. The van der Waals surface area contributed by atoms with Gasteiger partial charge in [-0.2, -0.15) is 0 Å². The Balaban J connectivity index is 2.07. The van der Waals surface area contributed by atoms with E-state index in [0.717, 1.165) is 32.0 Å². The van der Waals surface area contributed by atoms with Crippen molar-refractivity contribution in [3.8, 4) is 11.5 Å². The molecule has 0 amide bonds. The largest absolute Gasteiger partial charge is 0.486 e. The molecule has 1 fully saturated rings. The topological polar surface area (TPSA) is 30.5 Å². The first-order chi connectivity index (χ1) is 8.77. The number of hydrogen-bond acceptors (Lipinski definition) is 3. The molecule has 2 heterocycles. The van der Waals surface area contributed by atoms with E-state index in [2.05, 4.69) is 5.32 Å². The number of piperidine rings is 1. The van der Waals surface area contributed by atoms with Crippen LogP contribution in [0, 0.1) is 11.6 Å². The van der Waals surface area contributed by atoms with Gasteiger partial charge in [0.05, 0.1) is 0 Å². The molecule has 0 atom stereocenters. The number of halogens is 2. The molecule has 0 radical (unpaired) electrons. The van der Waals surface area contributed by atoms with E-state index in [1.807, 2.05) is 0 Å². The van der Waals surface area contributed by atoms with Gasteiger partial charge >= 0.3 is 0 Å². The summed E-state index contributed by atoms with van der Waals surface area (Å²) in [6.07, 6.45) is 1.58. The molecule has 0 spiro atoms. The molecule has 0 bridgehead atoms. The van der Waals surface area contributed by atoms with Gasteiger partial charge in [0.2, 0.25) is 0 Å². The lowest BCUT2D eigenvalue weighted by molar-refractivity contribution is 0.165. The average molecular weight is 255 g/mol. The normalized spacial score (nSPS) is 19.9. The third-order valence-electron chi connectivity index (χ3n) is 3.51. The first kappa shape index (κ1) is 11.7. The van der Waals surface area contributed by atoms with Gasteiger partial charge in [-0.05, 0) is 31.8 Å². The number of nitrogens with one attached hydrogen (secondary N) is 1. The second-order valence-electron chi connectivity index (χ2n) is 4.63. The summed E-state index contributed by atoms with van der Waals surface area (Å²) in [7, 11) is 0. The molecule has 1 saturated heterocycles. The van der Waals surface area contributed by atoms with Gasteiger partial charge in [-0.3, -0.25) is 0 Å². The Bertz CT molecular complexity index is 459. The van der Waals surface area contributed by atoms with Crippen LogP contribution < -0.4 is 14.8 Å². The van der Waals surface area contributed by atoms with Crippen molar-refractivity contribution in [1.29, 1.82) is 0 Å². The van der Waals surface area contributed by atoms with Crippen LogP contribution in [0.3, 0.4) is 0 Å². The zero-order valence-corrected chi connectivity index (χ0v) is 9.97. The average Bonchev–Trinajstić information content (AvgIpc) is 2.41. The fourth-order valence-electron chi connectivity index (χ4n) is 2.63. The maximum Gasteiger partial charge on any atom is 0.167 e.